The Morgan fingerprint density at radius 1 is 0.762 bits per heavy atom. The van der Waals surface area contributed by atoms with E-state index in [1.54, 1.807) is 7.11 Å². The number of hydrogen-bond acceptors (Lipinski definition) is 2. The predicted octanol–water partition coefficient (Wildman–Crippen LogP) is 4.81. The lowest BCUT2D eigenvalue weighted by Crippen LogP contribution is -2.18. The summed E-state index contributed by atoms with van der Waals surface area (Å²) in [7, 11) is 1.69. The molecule has 0 saturated carbocycles. The maximum atomic E-state index is 5.70. The van der Waals surface area contributed by atoms with Gasteiger partial charge in [0.05, 0.1) is 13.2 Å². The molecule has 21 heavy (non-hydrogen) atoms. The van der Waals surface area contributed by atoms with Crippen molar-refractivity contribution in [1.82, 2.24) is 0 Å². The summed E-state index contributed by atoms with van der Waals surface area (Å²) in [5, 5.41) is 0. The Bertz CT molecular complexity index is 566. The second-order valence-corrected chi connectivity index (χ2v) is 6.04. The minimum absolute atomic E-state index is 0.0529. The van der Waals surface area contributed by atoms with E-state index in [1.165, 1.54) is 11.1 Å². The lowest BCUT2D eigenvalue weighted by Gasteiger charge is -2.26. The molecule has 2 nitrogen and oxygen atoms in total. The molecular formula is C19H24O2. The zero-order chi connectivity index (χ0) is 15.5. The van der Waals surface area contributed by atoms with Gasteiger partial charge >= 0.3 is 0 Å². The molecule has 112 valence electrons. The van der Waals surface area contributed by atoms with E-state index in [-0.39, 0.29) is 11.5 Å². The number of hydrogen-bond donors (Lipinski definition) is 0. The Morgan fingerprint density at radius 3 is 1.57 bits per heavy atom. The van der Waals surface area contributed by atoms with E-state index in [1.807, 2.05) is 38.1 Å². The summed E-state index contributed by atoms with van der Waals surface area (Å²) in [4.78, 5) is 0. The van der Waals surface area contributed by atoms with Gasteiger partial charge in [-0.2, -0.15) is 0 Å². The van der Waals surface area contributed by atoms with Crippen LogP contribution in [0, 0.1) is 0 Å². The van der Waals surface area contributed by atoms with E-state index < -0.39 is 0 Å². The third-order valence-electron chi connectivity index (χ3n) is 3.76. The molecule has 2 aromatic rings. The molecule has 0 aromatic heterocycles. The van der Waals surface area contributed by atoms with E-state index >= 15 is 0 Å². The molecule has 0 aliphatic carbocycles. The van der Waals surface area contributed by atoms with Crippen LogP contribution in [0.15, 0.2) is 48.5 Å². The second-order valence-electron chi connectivity index (χ2n) is 6.04. The lowest BCUT2D eigenvalue weighted by molar-refractivity contribution is 0.242. The van der Waals surface area contributed by atoms with Crippen LogP contribution in [0.3, 0.4) is 0 Å². The maximum absolute atomic E-state index is 5.70. The fourth-order valence-corrected chi connectivity index (χ4v) is 2.40. The van der Waals surface area contributed by atoms with Crippen LogP contribution in [-0.2, 0) is 5.41 Å². The molecule has 0 unspecified atom stereocenters. The summed E-state index contributed by atoms with van der Waals surface area (Å²) in [6.45, 7) is 8.53. The Morgan fingerprint density at radius 2 is 1.19 bits per heavy atom. The normalized spacial score (nSPS) is 11.5. The van der Waals surface area contributed by atoms with Crippen LogP contribution < -0.4 is 9.47 Å². The van der Waals surface area contributed by atoms with Crippen LogP contribution in [0.1, 0.15) is 38.8 Å². The first kappa shape index (κ1) is 15.4. The highest BCUT2D eigenvalue weighted by Crippen LogP contribution is 2.33. The van der Waals surface area contributed by atoms with Gasteiger partial charge in [0.2, 0.25) is 0 Å². The SMILES string of the molecule is COc1ccc(C(C)(C)c2ccc(OC(C)C)cc2)cc1. The Hall–Kier alpha value is -1.96. The summed E-state index contributed by atoms with van der Waals surface area (Å²) >= 11 is 0. The molecule has 0 amide bonds. The second kappa shape index (κ2) is 6.21. The van der Waals surface area contributed by atoms with Crippen molar-refractivity contribution in [1.29, 1.82) is 0 Å². The van der Waals surface area contributed by atoms with Crippen LogP contribution >= 0.6 is 0 Å². The van der Waals surface area contributed by atoms with Gasteiger partial charge in [0.1, 0.15) is 11.5 Å². The number of methoxy groups -OCH3 is 1. The molecule has 0 spiro atoms. The first-order valence-corrected chi connectivity index (χ1v) is 7.35. The summed E-state index contributed by atoms with van der Waals surface area (Å²) in [5.74, 6) is 1.80. The summed E-state index contributed by atoms with van der Waals surface area (Å²) < 4.78 is 10.9. The van der Waals surface area contributed by atoms with E-state index in [4.69, 9.17) is 9.47 Å². The van der Waals surface area contributed by atoms with Gasteiger partial charge in [-0.05, 0) is 49.2 Å². The third kappa shape index (κ3) is 3.57. The van der Waals surface area contributed by atoms with Crippen molar-refractivity contribution in [3.63, 3.8) is 0 Å². The molecule has 0 bridgehead atoms. The van der Waals surface area contributed by atoms with Crippen molar-refractivity contribution < 1.29 is 9.47 Å². The quantitative estimate of drug-likeness (QED) is 0.784. The smallest absolute Gasteiger partial charge is 0.119 e. The fraction of sp³-hybridized carbons (Fsp3) is 0.368. The van der Waals surface area contributed by atoms with Crippen LogP contribution in [0.4, 0.5) is 0 Å². The lowest BCUT2D eigenvalue weighted by atomic mass is 9.78. The van der Waals surface area contributed by atoms with E-state index in [9.17, 15) is 0 Å². The topological polar surface area (TPSA) is 18.5 Å². The molecular weight excluding hydrogens is 260 g/mol. The molecule has 0 atom stereocenters. The summed E-state index contributed by atoms with van der Waals surface area (Å²) in [6, 6.07) is 16.6. The van der Waals surface area contributed by atoms with Crippen molar-refractivity contribution in [2.75, 3.05) is 7.11 Å². The van der Waals surface area contributed by atoms with Gasteiger partial charge < -0.3 is 9.47 Å². The Balaban J connectivity index is 2.25. The minimum atomic E-state index is -0.0529. The first-order valence-electron chi connectivity index (χ1n) is 7.35. The molecule has 2 aromatic carbocycles. The molecule has 0 fully saturated rings. The molecule has 0 N–H and O–H groups in total. The van der Waals surface area contributed by atoms with Gasteiger partial charge in [0.15, 0.2) is 0 Å². The van der Waals surface area contributed by atoms with Crippen LogP contribution in [0.2, 0.25) is 0 Å². The van der Waals surface area contributed by atoms with Crippen LogP contribution in [0.25, 0.3) is 0 Å². The van der Waals surface area contributed by atoms with Gasteiger partial charge in [0, 0.05) is 5.41 Å². The van der Waals surface area contributed by atoms with Gasteiger partial charge in [-0.15, -0.1) is 0 Å². The fourth-order valence-electron chi connectivity index (χ4n) is 2.40. The molecule has 0 heterocycles. The molecule has 0 saturated heterocycles. The van der Waals surface area contributed by atoms with E-state index in [2.05, 4.69) is 38.1 Å². The van der Waals surface area contributed by atoms with Crippen molar-refractivity contribution in [2.45, 2.75) is 39.2 Å². The van der Waals surface area contributed by atoms with Gasteiger partial charge in [-0.3, -0.25) is 0 Å². The standard InChI is InChI=1S/C19H24O2/c1-14(2)21-18-12-8-16(9-13-18)19(3,4)15-6-10-17(20-5)11-7-15/h6-14H,1-5H3. The zero-order valence-corrected chi connectivity index (χ0v) is 13.5. The highest BCUT2D eigenvalue weighted by Gasteiger charge is 2.23. The van der Waals surface area contributed by atoms with Gasteiger partial charge in [0.25, 0.3) is 0 Å². The largest absolute Gasteiger partial charge is 0.497 e. The molecule has 2 rings (SSSR count). The predicted molar refractivity (Wildman–Crippen MR) is 87.3 cm³/mol. The zero-order valence-electron chi connectivity index (χ0n) is 13.5. The number of rotatable bonds is 5. The first-order chi connectivity index (χ1) is 9.93. The van der Waals surface area contributed by atoms with E-state index in [0.29, 0.717) is 0 Å². The number of benzene rings is 2. The van der Waals surface area contributed by atoms with Crippen molar-refractivity contribution in [3.8, 4) is 11.5 Å². The highest BCUT2D eigenvalue weighted by molar-refractivity contribution is 5.41. The van der Waals surface area contributed by atoms with Crippen molar-refractivity contribution in [2.24, 2.45) is 0 Å². The highest BCUT2D eigenvalue weighted by atomic mass is 16.5. The molecule has 0 aliphatic rings. The minimum Gasteiger partial charge on any atom is -0.497 e. The molecule has 2 heteroatoms. The molecule has 0 radical (unpaired) electrons. The van der Waals surface area contributed by atoms with Crippen LogP contribution in [0.5, 0.6) is 11.5 Å². The maximum Gasteiger partial charge on any atom is 0.119 e. The number of ether oxygens (including phenoxy) is 2. The van der Waals surface area contributed by atoms with Crippen molar-refractivity contribution in [3.05, 3.63) is 59.7 Å². The van der Waals surface area contributed by atoms with Crippen molar-refractivity contribution >= 4 is 0 Å². The van der Waals surface area contributed by atoms with E-state index in [0.717, 1.165) is 11.5 Å². The Labute approximate surface area is 127 Å². The third-order valence-corrected chi connectivity index (χ3v) is 3.76. The van der Waals surface area contributed by atoms with Gasteiger partial charge in [-0.25, -0.2) is 0 Å². The van der Waals surface area contributed by atoms with Crippen LogP contribution in [-0.4, -0.2) is 13.2 Å². The average molecular weight is 284 g/mol. The molecule has 0 aliphatic heterocycles. The summed E-state index contributed by atoms with van der Waals surface area (Å²) in [6.07, 6.45) is 0.199. The summed E-state index contributed by atoms with van der Waals surface area (Å²) in [5.41, 5.74) is 2.48. The Kier molecular flexibility index (Phi) is 4.56. The average Bonchev–Trinajstić information content (AvgIpc) is 2.47. The monoisotopic (exact) mass is 284 g/mol. The van der Waals surface area contributed by atoms with Gasteiger partial charge in [-0.1, -0.05) is 38.1 Å².